The van der Waals surface area contributed by atoms with Crippen molar-refractivity contribution in [3.8, 4) is 0 Å². The fourth-order valence-corrected chi connectivity index (χ4v) is 2.89. The van der Waals surface area contributed by atoms with Gasteiger partial charge in [-0.2, -0.15) is 0 Å². The Hall–Kier alpha value is -2.89. The molecule has 130 valence electrons. The van der Waals surface area contributed by atoms with Crippen LogP contribution in [-0.4, -0.2) is 34.9 Å². The number of amides is 3. The number of benzene rings is 1. The van der Waals surface area contributed by atoms with Crippen molar-refractivity contribution < 1.29 is 9.59 Å². The highest BCUT2D eigenvalue weighted by Crippen LogP contribution is 2.19. The lowest BCUT2D eigenvalue weighted by molar-refractivity contribution is -0.121. The maximum Gasteiger partial charge on any atom is 0.317 e. The number of rotatable bonds is 4. The molecule has 0 radical (unpaired) electrons. The lowest BCUT2D eigenvalue weighted by Crippen LogP contribution is -2.45. The third-order valence-corrected chi connectivity index (χ3v) is 4.34. The van der Waals surface area contributed by atoms with Crippen LogP contribution in [0.15, 0.2) is 54.7 Å². The fourth-order valence-electron chi connectivity index (χ4n) is 2.89. The Morgan fingerprint density at radius 2 is 1.76 bits per heavy atom. The quantitative estimate of drug-likeness (QED) is 0.900. The van der Waals surface area contributed by atoms with Gasteiger partial charge in [-0.3, -0.25) is 9.78 Å². The Morgan fingerprint density at radius 3 is 2.44 bits per heavy atom. The maximum atomic E-state index is 12.3. The van der Waals surface area contributed by atoms with Crippen LogP contribution in [0.25, 0.3) is 0 Å². The van der Waals surface area contributed by atoms with E-state index in [0.717, 1.165) is 11.4 Å². The molecule has 0 unspecified atom stereocenters. The van der Waals surface area contributed by atoms with E-state index in [1.54, 1.807) is 11.1 Å². The Bertz CT molecular complexity index is 698. The molecular formula is C19H22N4O2. The molecule has 1 aliphatic heterocycles. The lowest BCUT2D eigenvalue weighted by atomic mass is 9.96. The molecule has 0 spiro atoms. The molecule has 0 atom stereocenters. The number of hydrogen-bond donors (Lipinski definition) is 2. The summed E-state index contributed by atoms with van der Waals surface area (Å²) in [5.74, 6) is -0.0280. The van der Waals surface area contributed by atoms with Gasteiger partial charge in [0.1, 0.15) is 0 Å². The van der Waals surface area contributed by atoms with Crippen molar-refractivity contribution in [1.82, 2.24) is 15.2 Å². The van der Waals surface area contributed by atoms with Crippen LogP contribution < -0.4 is 10.6 Å². The largest absolute Gasteiger partial charge is 0.332 e. The molecule has 0 bridgehead atoms. The summed E-state index contributed by atoms with van der Waals surface area (Å²) in [4.78, 5) is 30.5. The summed E-state index contributed by atoms with van der Waals surface area (Å²) in [5.41, 5.74) is 1.64. The van der Waals surface area contributed by atoms with Crippen molar-refractivity contribution in [2.24, 2.45) is 5.92 Å². The predicted molar refractivity (Wildman–Crippen MR) is 95.8 cm³/mol. The van der Waals surface area contributed by atoms with Crippen LogP contribution in [-0.2, 0) is 11.3 Å². The van der Waals surface area contributed by atoms with Crippen LogP contribution in [0, 0.1) is 5.92 Å². The van der Waals surface area contributed by atoms with Crippen molar-refractivity contribution in [3.05, 3.63) is 60.4 Å². The molecule has 1 aromatic carbocycles. The van der Waals surface area contributed by atoms with Gasteiger partial charge in [0, 0.05) is 30.9 Å². The van der Waals surface area contributed by atoms with Gasteiger partial charge in [-0.25, -0.2) is 4.79 Å². The van der Waals surface area contributed by atoms with E-state index in [1.807, 2.05) is 48.5 Å². The van der Waals surface area contributed by atoms with Crippen LogP contribution in [0.4, 0.5) is 10.5 Å². The summed E-state index contributed by atoms with van der Waals surface area (Å²) < 4.78 is 0. The summed E-state index contributed by atoms with van der Waals surface area (Å²) in [7, 11) is 0. The zero-order chi connectivity index (χ0) is 17.5. The van der Waals surface area contributed by atoms with E-state index in [4.69, 9.17) is 0 Å². The number of pyridine rings is 1. The smallest absolute Gasteiger partial charge is 0.317 e. The topological polar surface area (TPSA) is 74.3 Å². The van der Waals surface area contributed by atoms with Crippen molar-refractivity contribution in [2.75, 3.05) is 18.4 Å². The summed E-state index contributed by atoms with van der Waals surface area (Å²) >= 11 is 0. The Kier molecular flexibility index (Phi) is 5.61. The highest BCUT2D eigenvalue weighted by Gasteiger charge is 2.27. The predicted octanol–water partition coefficient (Wildman–Crippen LogP) is 2.64. The third kappa shape index (κ3) is 4.79. The molecule has 0 aliphatic carbocycles. The third-order valence-electron chi connectivity index (χ3n) is 4.34. The number of carbonyl (C=O) groups is 2. The normalized spacial score (nSPS) is 14.8. The summed E-state index contributed by atoms with van der Waals surface area (Å²) in [5, 5.41) is 5.81. The Balaban J connectivity index is 1.43. The first kappa shape index (κ1) is 17.0. The zero-order valence-corrected chi connectivity index (χ0v) is 14.0. The van der Waals surface area contributed by atoms with Crippen molar-refractivity contribution in [1.29, 1.82) is 0 Å². The van der Waals surface area contributed by atoms with Crippen molar-refractivity contribution >= 4 is 17.6 Å². The number of likely N-dealkylation sites (tertiary alicyclic amines) is 1. The molecule has 6 nitrogen and oxygen atoms in total. The average Bonchev–Trinajstić information content (AvgIpc) is 2.68. The van der Waals surface area contributed by atoms with Crippen molar-refractivity contribution in [3.63, 3.8) is 0 Å². The standard InChI is InChI=1S/C19H22N4O2/c24-18(22-16-6-2-1-3-7-16)15-9-12-23(13-10-15)19(25)21-14-17-8-4-5-11-20-17/h1-8,11,15H,9-10,12-14H2,(H,21,25)(H,22,24). The van der Waals surface area contributed by atoms with E-state index in [1.165, 1.54) is 0 Å². The molecule has 0 saturated carbocycles. The van der Waals surface area contributed by atoms with Gasteiger partial charge in [-0.15, -0.1) is 0 Å². The van der Waals surface area contributed by atoms with Gasteiger partial charge in [-0.1, -0.05) is 24.3 Å². The lowest BCUT2D eigenvalue weighted by Gasteiger charge is -2.31. The molecule has 1 saturated heterocycles. The maximum absolute atomic E-state index is 12.3. The second-order valence-corrected chi connectivity index (χ2v) is 6.10. The average molecular weight is 338 g/mol. The number of hydrogen-bond acceptors (Lipinski definition) is 3. The van der Waals surface area contributed by atoms with E-state index in [9.17, 15) is 9.59 Å². The number of aromatic nitrogens is 1. The minimum Gasteiger partial charge on any atom is -0.332 e. The minimum atomic E-state index is -0.104. The SMILES string of the molecule is O=C(Nc1ccccc1)C1CCN(C(=O)NCc2ccccn2)CC1. The molecule has 1 fully saturated rings. The van der Waals surface area contributed by atoms with Crippen LogP contribution in [0.5, 0.6) is 0 Å². The molecule has 2 aromatic rings. The van der Waals surface area contributed by atoms with Gasteiger partial charge >= 0.3 is 6.03 Å². The van der Waals surface area contributed by atoms with Gasteiger partial charge in [0.25, 0.3) is 0 Å². The van der Waals surface area contributed by atoms with E-state index in [2.05, 4.69) is 15.6 Å². The number of urea groups is 1. The van der Waals surface area contributed by atoms with Gasteiger partial charge in [-0.05, 0) is 37.1 Å². The number of para-hydroxylation sites is 1. The Morgan fingerprint density at radius 1 is 1.04 bits per heavy atom. The monoisotopic (exact) mass is 338 g/mol. The van der Waals surface area contributed by atoms with E-state index in [-0.39, 0.29) is 17.9 Å². The second kappa shape index (κ2) is 8.28. The van der Waals surface area contributed by atoms with Crippen LogP contribution >= 0.6 is 0 Å². The number of carbonyl (C=O) groups excluding carboxylic acids is 2. The highest BCUT2D eigenvalue weighted by atomic mass is 16.2. The molecule has 3 amide bonds. The Labute approximate surface area is 147 Å². The van der Waals surface area contributed by atoms with Gasteiger partial charge in [0.15, 0.2) is 0 Å². The zero-order valence-electron chi connectivity index (χ0n) is 14.0. The summed E-state index contributed by atoms with van der Waals surface area (Å²) in [6.45, 7) is 1.58. The second-order valence-electron chi connectivity index (χ2n) is 6.10. The molecule has 2 N–H and O–H groups in total. The molecule has 1 aromatic heterocycles. The molecule has 3 rings (SSSR count). The first-order valence-corrected chi connectivity index (χ1v) is 8.51. The van der Waals surface area contributed by atoms with E-state index in [0.29, 0.717) is 32.5 Å². The minimum absolute atomic E-state index is 0.0275. The van der Waals surface area contributed by atoms with E-state index < -0.39 is 0 Å². The van der Waals surface area contributed by atoms with Crippen LogP contribution in [0.3, 0.4) is 0 Å². The molecule has 6 heteroatoms. The van der Waals surface area contributed by atoms with E-state index >= 15 is 0 Å². The molecular weight excluding hydrogens is 316 g/mol. The summed E-state index contributed by atoms with van der Waals surface area (Å²) in [6.07, 6.45) is 3.06. The highest BCUT2D eigenvalue weighted by molar-refractivity contribution is 5.92. The van der Waals surface area contributed by atoms with Gasteiger partial charge in [0.05, 0.1) is 12.2 Å². The van der Waals surface area contributed by atoms with Crippen molar-refractivity contribution in [2.45, 2.75) is 19.4 Å². The molecule has 1 aliphatic rings. The first-order valence-electron chi connectivity index (χ1n) is 8.51. The number of piperidine rings is 1. The van der Waals surface area contributed by atoms with Gasteiger partial charge < -0.3 is 15.5 Å². The number of nitrogens with one attached hydrogen (secondary N) is 2. The molecule has 2 heterocycles. The first-order chi connectivity index (χ1) is 12.2. The number of anilines is 1. The van der Waals surface area contributed by atoms with Gasteiger partial charge in [0.2, 0.25) is 5.91 Å². The summed E-state index contributed by atoms with van der Waals surface area (Å²) in [6, 6.07) is 15.0. The van der Waals surface area contributed by atoms with Crippen LogP contribution in [0.1, 0.15) is 18.5 Å². The number of nitrogens with zero attached hydrogens (tertiary/aromatic N) is 2. The molecule has 25 heavy (non-hydrogen) atoms. The fraction of sp³-hybridized carbons (Fsp3) is 0.316. The van der Waals surface area contributed by atoms with Crippen LogP contribution in [0.2, 0.25) is 0 Å².